The molecule has 0 bridgehead atoms. The third-order valence-corrected chi connectivity index (χ3v) is 4.33. The van der Waals surface area contributed by atoms with Gasteiger partial charge in [-0.2, -0.15) is 0 Å². The molecular weight excluding hydrogens is 298 g/mol. The number of hydrogen-bond donors (Lipinski definition) is 0. The molecule has 0 radical (unpaired) electrons. The zero-order chi connectivity index (χ0) is 14.9. The van der Waals surface area contributed by atoms with Crippen LogP contribution in [-0.4, -0.2) is 32.6 Å². The lowest BCUT2D eigenvalue weighted by molar-refractivity contribution is 0.574. The number of anilines is 1. The Morgan fingerprint density at radius 1 is 0.909 bits per heavy atom. The lowest BCUT2D eigenvalue weighted by Crippen LogP contribution is -2.30. The fourth-order valence-corrected chi connectivity index (χ4v) is 3.08. The van der Waals surface area contributed by atoms with Gasteiger partial charge in [-0.15, -0.1) is 0 Å². The van der Waals surface area contributed by atoms with Crippen LogP contribution in [-0.2, 0) is 0 Å². The van der Waals surface area contributed by atoms with Crippen molar-refractivity contribution in [3.8, 4) is 5.69 Å². The molecule has 3 aromatic rings. The minimum atomic E-state index is 0.719. The Labute approximate surface area is 133 Å². The minimum Gasteiger partial charge on any atom is -0.355 e. The van der Waals surface area contributed by atoms with E-state index in [1.54, 1.807) is 12.7 Å². The van der Waals surface area contributed by atoms with Gasteiger partial charge < -0.3 is 4.90 Å². The summed E-state index contributed by atoms with van der Waals surface area (Å²) in [4.78, 5) is 15.8. The second-order valence-corrected chi connectivity index (χ2v) is 5.94. The van der Waals surface area contributed by atoms with Gasteiger partial charge in [-0.05, 0) is 43.5 Å². The molecule has 112 valence electrons. The standard InChI is InChI=1S/C16H16ClN5/c17-12-4-6-13(7-5-12)22-11-20-14-15(18-10-19-16(14)22)21-8-2-1-3-9-21/h4-7,10-11H,1-3,8-9H2. The number of rotatable bonds is 2. The number of halogens is 1. The van der Waals surface area contributed by atoms with E-state index in [4.69, 9.17) is 11.6 Å². The highest BCUT2D eigenvalue weighted by molar-refractivity contribution is 6.30. The Morgan fingerprint density at radius 2 is 1.68 bits per heavy atom. The smallest absolute Gasteiger partial charge is 0.170 e. The molecular formula is C16H16ClN5. The monoisotopic (exact) mass is 313 g/mol. The van der Waals surface area contributed by atoms with E-state index in [9.17, 15) is 0 Å². The summed E-state index contributed by atoms with van der Waals surface area (Å²) in [7, 11) is 0. The van der Waals surface area contributed by atoms with Gasteiger partial charge in [-0.3, -0.25) is 4.57 Å². The first kappa shape index (κ1) is 13.5. The van der Waals surface area contributed by atoms with Crippen molar-refractivity contribution in [3.63, 3.8) is 0 Å². The van der Waals surface area contributed by atoms with Crippen molar-refractivity contribution in [2.24, 2.45) is 0 Å². The van der Waals surface area contributed by atoms with Gasteiger partial charge in [0.05, 0.1) is 0 Å². The van der Waals surface area contributed by atoms with Gasteiger partial charge in [0.15, 0.2) is 17.0 Å². The Bertz CT molecular complexity index is 790. The number of aromatic nitrogens is 4. The minimum absolute atomic E-state index is 0.719. The first-order valence-electron chi connectivity index (χ1n) is 7.52. The summed E-state index contributed by atoms with van der Waals surface area (Å²) in [6, 6.07) is 7.67. The summed E-state index contributed by atoms with van der Waals surface area (Å²) in [6.07, 6.45) is 7.15. The maximum atomic E-state index is 5.96. The average molecular weight is 314 g/mol. The highest BCUT2D eigenvalue weighted by Gasteiger charge is 2.18. The Morgan fingerprint density at radius 3 is 2.45 bits per heavy atom. The van der Waals surface area contributed by atoms with Crippen LogP contribution < -0.4 is 4.90 Å². The largest absolute Gasteiger partial charge is 0.355 e. The number of fused-ring (bicyclic) bond motifs is 1. The van der Waals surface area contributed by atoms with Crippen LogP contribution in [0, 0.1) is 0 Å². The highest BCUT2D eigenvalue weighted by atomic mass is 35.5. The second-order valence-electron chi connectivity index (χ2n) is 5.51. The molecule has 0 unspecified atom stereocenters. The van der Waals surface area contributed by atoms with E-state index in [0.717, 1.165) is 40.8 Å². The number of benzene rings is 1. The molecule has 5 nitrogen and oxygen atoms in total. The van der Waals surface area contributed by atoms with Crippen LogP contribution in [0.5, 0.6) is 0 Å². The number of hydrogen-bond acceptors (Lipinski definition) is 4. The summed E-state index contributed by atoms with van der Waals surface area (Å²) in [6.45, 7) is 2.08. The average Bonchev–Trinajstić information content (AvgIpc) is 3.00. The normalized spacial score (nSPS) is 15.4. The third-order valence-electron chi connectivity index (χ3n) is 4.07. The molecule has 22 heavy (non-hydrogen) atoms. The molecule has 6 heteroatoms. The lowest BCUT2D eigenvalue weighted by Gasteiger charge is -2.27. The van der Waals surface area contributed by atoms with Crippen LogP contribution in [0.15, 0.2) is 36.9 Å². The Kier molecular flexibility index (Phi) is 3.42. The van der Waals surface area contributed by atoms with Gasteiger partial charge >= 0.3 is 0 Å². The van der Waals surface area contributed by atoms with Gasteiger partial charge in [0, 0.05) is 23.8 Å². The quantitative estimate of drug-likeness (QED) is 0.727. The van der Waals surface area contributed by atoms with E-state index in [1.807, 2.05) is 28.8 Å². The predicted molar refractivity (Wildman–Crippen MR) is 87.7 cm³/mol. The SMILES string of the molecule is Clc1ccc(-n2cnc3c(N4CCCCC4)ncnc32)cc1. The van der Waals surface area contributed by atoms with E-state index in [0.29, 0.717) is 0 Å². The first-order valence-corrected chi connectivity index (χ1v) is 7.90. The van der Waals surface area contributed by atoms with Crippen molar-refractivity contribution in [3.05, 3.63) is 41.9 Å². The molecule has 1 aliphatic rings. The number of nitrogens with zero attached hydrogens (tertiary/aromatic N) is 5. The molecule has 4 rings (SSSR count). The van der Waals surface area contributed by atoms with Crippen molar-refractivity contribution < 1.29 is 0 Å². The zero-order valence-electron chi connectivity index (χ0n) is 12.1. The van der Waals surface area contributed by atoms with E-state index >= 15 is 0 Å². The first-order chi connectivity index (χ1) is 10.8. The fourth-order valence-electron chi connectivity index (χ4n) is 2.95. The van der Waals surface area contributed by atoms with E-state index in [1.165, 1.54) is 19.3 Å². The molecule has 1 saturated heterocycles. The van der Waals surface area contributed by atoms with Gasteiger partial charge in [-0.25, -0.2) is 15.0 Å². The molecule has 1 fully saturated rings. The van der Waals surface area contributed by atoms with Gasteiger partial charge in [0.1, 0.15) is 12.7 Å². The molecule has 3 heterocycles. The van der Waals surface area contributed by atoms with Gasteiger partial charge in [-0.1, -0.05) is 11.6 Å². The summed E-state index contributed by atoms with van der Waals surface area (Å²) < 4.78 is 1.97. The Balaban J connectivity index is 1.80. The van der Waals surface area contributed by atoms with Crippen LogP contribution in [0.1, 0.15) is 19.3 Å². The van der Waals surface area contributed by atoms with Crippen LogP contribution in [0.4, 0.5) is 5.82 Å². The van der Waals surface area contributed by atoms with Crippen LogP contribution in [0.3, 0.4) is 0 Å². The van der Waals surface area contributed by atoms with Gasteiger partial charge in [0.2, 0.25) is 0 Å². The van der Waals surface area contributed by atoms with Crippen LogP contribution in [0.25, 0.3) is 16.9 Å². The van der Waals surface area contributed by atoms with Crippen molar-refractivity contribution in [2.45, 2.75) is 19.3 Å². The van der Waals surface area contributed by atoms with Crippen LogP contribution in [0.2, 0.25) is 5.02 Å². The van der Waals surface area contributed by atoms with Crippen molar-refractivity contribution in [2.75, 3.05) is 18.0 Å². The third kappa shape index (κ3) is 2.31. The maximum Gasteiger partial charge on any atom is 0.170 e. The molecule has 0 N–H and O–H groups in total. The molecule has 0 aliphatic carbocycles. The van der Waals surface area contributed by atoms with Gasteiger partial charge in [0.25, 0.3) is 0 Å². The summed E-state index contributed by atoms with van der Waals surface area (Å²) in [5, 5.41) is 0.719. The van der Waals surface area contributed by atoms with Crippen molar-refractivity contribution >= 4 is 28.6 Å². The fraction of sp³-hybridized carbons (Fsp3) is 0.312. The molecule has 2 aromatic heterocycles. The van der Waals surface area contributed by atoms with E-state index < -0.39 is 0 Å². The van der Waals surface area contributed by atoms with E-state index in [-0.39, 0.29) is 0 Å². The van der Waals surface area contributed by atoms with E-state index in [2.05, 4.69) is 19.9 Å². The predicted octanol–water partition coefficient (Wildman–Crippen LogP) is 3.46. The number of imidazole rings is 1. The zero-order valence-corrected chi connectivity index (χ0v) is 12.9. The molecule has 1 aromatic carbocycles. The Hall–Kier alpha value is -2.14. The molecule has 1 aliphatic heterocycles. The van der Waals surface area contributed by atoms with Crippen molar-refractivity contribution in [1.29, 1.82) is 0 Å². The molecule has 0 spiro atoms. The van der Waals surface area contributed by atoms with Crippen molar-refractivity contribution in [1.82, 2.24) is 19.5 Å². The molecule has 0 saturated carbocycles. The highest BCUT2D eigenvalue weighted by Crippen LogP contribution is 2.26. The topological polar surface area (TPSA) is 46.8 Å². The maximum absolute atomic E-state index is 5.96. The summed E-state index contributed by atoms with van der Waals surface area (Å²) >= 11 is 5.96. The lowest BCUT2D eigenvalue weighted by atomic mass is 10.1. The summed E-state index contributed by atoms with van der Waals surface area (Å²) in [5.41, 5.74) is 2.69. The van der Waals surface area contributed by atoms with Crippen LogP contribution >= 0.6 is 11.6 Å². The molecule has 0 atom stereocenters. The molecule has 0 amide bonds. The summed E-state index contributed by atoms with van der Waals surface area (Å²) in [5.74, 6) is 0.942. The second kappa shape index (κ2) is 5.57. The number of piperidine rings is 1.